The van der Waals surface area contributed by atoms with Crippen molar-refractivity contribution >= 4 is 59.9 Å². The maximum absolute atomic E-state index is 13.2. The van der Waals surface area contributed by atoms with Crippen LogP contribution in [-0.2, 0) is 6.54 Å². The van der Waals surface area contributed by atoms with E-state index in [1.165, 1.54) is 11.3 Å². The van der Waals surface area contributed by atoms with Crippen LogP contribution in [0.25, 0.3) is 10.2 Å². The van der Waals surface area contributed by atoms with E-state index in [4.69, 9.17) is 4.98 Å². The summed E-state index contributed by atoms with van der Waals surface area (Å²) in [4.78, 5) is 20.5. The van der Waals surface area contributed by atoms with Gasteiger partial charge in [0.05, 0.1) is 25.4 Å². The lowest BCUT2D eigenvalue weighted by Crippen LogP contribution is -2.29. The number of anilines is 1. The topological polar surface area (TPSA) is 33.2 Å². The second-order valence-corrected chi connectivity index (χ2v) is 9.37. The Hall–Kier alpha value is -2.02. The van der Waals surface area contributed by atoms with E-state index in [1.54, 1.807) is 16.2 Å². The van der Waals surface area contributed by atoms with Gasteiger partial charge in [-0.1, -0.05) is 53.8 Å². The number of aromatic nitrogens is 1. The van der Waals surface area contributed by atoms with Crippen LogP contribution in [-0.4, -0.2) is 10.9 Å². The van der Waals surface area contributed by atoms with Gasteiger partial charge in [-0.05, 0) is 52.2 Å². The third-order valence-electron chi connectivity index (χ3n) is 4.05. The molecule has 0 saturated heterocycles. The van der Waals surface area contributed by atoms with Gasteiger partial charge in [0.15, 0.2) is 5.13 Å². The molecule has 130 valence electrons. The van der Waals surface area contributed by atoms with Gasteiger partial charge in [0, 0.05) is 0 Å². The normalized spacial score (nSPS) is 11.0. The Kier molecular flexibility index (Phi) is 4.89. The van der Waals surface area contributed by atoms with Gasteiger partial charge in [-0.3, -0.25) is 9.69 Å². The molecule has 0 aliphatic carbocycles. The molecule has 4 rings (SSSR count). The van der Waals surface area contributed by atoms with Gasteiger partial charge in [-0.2, -0.15) is 0 Å². The van der Waals surface area contributed by atoms with Crippen LogP contribution in [0.1, 0.15) is 20.8 Å². The van der Waals surface area contributed by atoms with Crippen LogP contribution in [0, 0.1) is 6.92 Å². The van der Waals surface area contributed by atoms with Crippen LogP contribution < -0.4 is 4.90 Å². The van der Waals surface area contributed by atoms with Crippen LogP contribution in [0.5, 0.6) is 0 Å². The summed E-state index contributed by atoms with van der Waals surface area (Å²) in [6.45, 7) is 2.54. The molecule has 1 amide bonds. The smallest absolute Gasteiger partial charge is 0.270 e. The molecule has 0 spiro atoms. The van der Waals surface area contributed by atoms with Crippen LogP contribution in [0.4, 0.5) is 5.13 Å². The number of carbonyl (C=O) groups is 1. The number of hydrogen-bond acceptors (Lipinski definition) is 4. The molecule has 0 N–H and O–H groups in total. The van der Waals surface area contributed by atoms with Crippen LogP contribution in [0.3, 0.4) is 0 Å². The number of para-hydroxylation sites is 1. The number of thiazole rings is 1. The molecule has 0 bridgehead atoms. The van der Waals surface area contributed by atoms with Crippen molar-refractivity contribution in [1.82, 2.24) is 4.98 Å². The fraction of sp³-hybridized carbons (Fsp3) is 0.100. The summed E-state index contributed by atoms with van der Waals surface area (Å²) >= 11 is 6.44. The highest BCUT2D eigenvalue weighted by Crippen LogP contribution is 2.33. The highest BCUT2D eigenvalue weighted by atomic mass is 79.9. The van der Waals surface area contributed by atoms with E-state index in [-0.39, 0.29) is 5.91 Å². The molecule has 0 fully saturated rings. The first-order valence-corrected chi connectivity index (χ1v) is 10.5. The second kappa shape index (κ2) is 7.31. The number of nitrogens with zero attached hydrogens (tertiary/aromatic N) is 2. The van der Waals surface area contributed by atoms with Crippen molar-refractivity contribution in [1.29, 1.82) is 0 Å². The first-order chi connectivity index (χ1) is 12.6. The van der Waals surface area contributed by atoms with Crippen molar-refractivity contribution in [2.75, 3.05) is 4.90 Å². The Balaban J connectivity index is 1.78. The Morgan fingerprint density at radius 2 is 1.85 bits per heavy atom. The summed E-state index contributed by atoms with van der Waals surface area (Å²) in [5, 5.41) is 0.729. The van der Waals surface area contributed by atoms with Gasteiger partial charge < -0.3 is 0 Å². The summed E-state index contributed by atoms with van der Waals surface area (Å²) in [6, 6.07) is 19.9. The van der Waals surface area contributed by atoms with Crippen molar-refractivity contribution in [3.05, 3.63) is 80.5 Å². The number of carbonyl (C=O) groups excluding carboxylic acids is 1. The van der Waals surface area contributed by atoms with Gasteiger partial charge in [0.2, 0.25) is 0 Å². The number of aryl methyl sites for hydroxylation is 1. The van der Waals surface area contributed by atoms with Gasteiger partial charge in [0.1, 0.15) is 0 Å². The zero-order valence-electron chi connectivity index (χ0n) is 14.0. The molecule has 0 radical (unpaired) electrons. The molecule has 0 saturated carbocycles. The maximum Gasteiger partial charge on any atom is 0.270 e. The van der Waals surface area contributed by atoms with Crippen molar-refractivity contribution in [3.63, 3.8) is 0 Å². The summed E-state index contributed by atoms with van der Waals surface area (Å²) in [7, 11) is 0. The maximum atomic E-state index is 13.2. The molecular weight excluding hydrogens is 428 g/mol. The van der Waals surface area contributed by atoms with Crippen molar-refractivity contribution < 1.29 is 4.79 Å². The van der Waals surface area contributed by atoms with E-state index in [1.807, 2.05) is 61.5 Å². The third kappa shape index (κ3) is 3.45. The molecule has 0 unspecified atom stereocenters. The molecular formula is C20H15BrN2OS2. The van der Waals surface area contributed by atoms with Gasteiger partial charge >= 0.3 is 0 Å². The Labute approximate surface area is 168 Å². The summed E-state index contributed by atoms with van der Waals surface area (Å²) in [5.74, 6) is -0.0266. The lowest BCUT2D eigenvalue weighted by molar-refractivity contribution is 0.0989. The Bertz CT molecular complexity index is 1070. The molecule has 2 aromatic heterocycles. The lowest BCUT2D eigenvalue weighted by atomic mass is 10.2. The monoisotopic (exact) mass is 442 g/mol. The summed E-state index contributed by atoms with van der Waals surface area (Å²) < 4.78 is 2.04. The SMILES string of the molecule is Cc1cccc2sc(N(Cc3ccccc3)C(=O)c3ccc(Br)s3)nc12. The van der Waals surface area contributed by atoms with E-state index in [9.17, 15) is 4.79 Å². The van der Waals surface area contributed by atoms with Crippen molar-refractivity contribution in [3.8, 4) is 0 Å². The number of rotatable bonds is 4. The molecule has 2 heterocycles. The third-order valence-corrected chi connectivity index (χ3v) is 6.71. The second-order valence-electron chi connectivity index (χ2n) is 5.90. The van der Waals surface area contributed by atoms with Gasteiger partial charge in [0.25, 0.3) is 5.91 Å². The fourth-order valence-corrected chi connectivity index (χ4v) is 5.12. The minimum Gasteiger partial charge on any atom is -0.279 e. The van der Waals surface area contributed by atoms with Crippen LogP contribution >= 0.6 is 38.6 Å². The predicted molar refractivity (Wildman–Crippen MR) is 113 cm³/mol. The van der Waals surface area contributed by atoms with E-state index in [2.05, 4.69) is 22.0 Å². The molecule has 2 aromatic carbocycles. The molecule has 0 aliphatic rings. The minimum atomic E-state index is -0.0266. The molecule has 3 nitrogen and oxygen atoms in total. The number of hydrogen-bond donors (Lipinski definition) is 0. The quantitative estimate of drug-likeness (QED) is 0.372. The Morgan fingerprint density at radius 1 is 1.04 bits per heavy atom. The molecule has 6 heteroatoms. The average molecular weight is 443 g/mol. The van der Waals surface area contributed by atoms with Crippen molar-refractivity contribution in [2.24, 2.45) is 0 Å². The summed E-state index contributed by atoms with van der Waals surface area (Å²) in [5.41, 5.74) is 3.16. The molecule has 0 atom stereocenters. The standard InChI is InChI=1S/C20H15BrN2OS2/c1-13-6-5-9-15-18(13)22-20(26-15)23(12-14-7-3-2-4-8-14)19(24)16-10-11-17(21)25-16/h2-11H,12H2,1H3. The number of amides is 1. The first kappa shape index (κ1) is 17.4. The van der Waals surface area contributed by atoms with Crippen LogP contribution in [0.2, 0.25) is 0 Å². The van der Waals surface area contributed by atoms with Crippen molar-refractivity contribution in [2.45, 2.75) is 13.5 Å². The highest BCUT2D eigenvalue weighted by molar-refractivity contribution is 9.11. The molecule has 26 heavy (non-hydrogen) atoms. The van der Waals surface area contributed by atoms with Gasteiger partial charge in [-0.25, -0.2) is 4.98 Å². The predicted octanol–water partition coefficient (Wildman–Crippen LogP) is 6.28. The zero-order chi connectivity index (χ0) is 18.1. The first-order valence-electron chi connectivity index (χ1n) is 8.09. The van der Waals surface area contributed by atoms with Gasteiger partial charge in [-0.15, -0.1) is 11.3 Å². The molecule has 4 aromatic rings. The Morgan fingerprint density at radius 3 is 2.54 bits per heavy atom. The van der Waals surface area contributed by atoms with E-state index >= 15 is 0 Å². The number of halogens is 1. The number of benzene rings is 2. The average Bonchev–Trinajstić information content (AvgIpc) is 3.27. The zero-order valence-corrected chi connectivity index (χ0v) is 17.2. The molecule has 0 aliphatic heterocycles. The van der Waals surface area contributed by atoms with E-state index in [0.717, 1.165) is 30.3 Å². The lowest BCUT2D eigenvalue weighted by Gasteiger charge is -2.19. The minimum absolute atomic E-state index is 0.0266. The number of thiophene rings is 1. The van der Waals surface area contributed by atoms with E-state index < -0.39 is 0 Å². The summed E-state index contributed by atoms with van der Waals surface area (Å²) in [6.07, 6.45) is 0. The van der Waals surface area contributed by atoms with Crippen LogP contribution in [0.15, 0.2) is 64.5 Å². The highest BCUT2D eigenvalue weighted by Gasteiger charge is 2.23. The largest absolute Gasteiger partial charge is 0.279 e. The fourth-order valence-electron chi connectivity index (χ4n) is 2.74. The number of fused-ring (bicyclic) bond motifs is 1. The van der Waals surface area contributed by atoms with E-state index in [0.29, 0.717) is 11.4 Å².